The average molecular weight is 347 g/mol. The number of rotatable bonds is 5. The SMILES string of the molecule is O=C(c1ccc(F)cc1)N1CC[C@H]2OCCC[C@@]2(COCC2CC2)C1. The van der Waals surface area contributed by atoms with Crippen LogP contribution in [0.25, 0.3) is 0 Å². The summed E-state index contributed by atoms with van der Waals surface area (Å²) in [4.78, 5) is 14.7. The lowest BCUT2D eigenvalue weighted by molar-refractivity contribution is -0.147. The second-order valence-electron chi connectivity index (χ2n) is 7.81. The first-order chi connectivity index (χ1) is 12.2. The van der Waals surface area contributed by atoms with E-state index in [-0.39, 0.29) is 23.2 Å². The molecule has 5 heteroatoms. The van der Waals surface area contributed by atoms with Gasteiger partial charge in [-0.25, -0.2) is 4.39 Å². The molecule has 4 nitrogen and oxygen atoms in total. The summed E-state index contributed by atoms with van der Waals surface area (Å²) in [5.74, 6) is 0.395. The van der Waals surface area contributed by atoms with Gasteiger partial charge in [0, 0.05) is 37.3 Å². The molecule has 1 saturated carbocycles. The molecule has 0 unspecified atom stereocenters. The van der Waals surface area contributed by atoms with Crippen LogP contribution < -0.4 is 0 Å². The number of benzene rings is 1. The first kappa shape index (κ1) is 17.0. The third kappa shape index (κ3) is 3.72. The first-order valence-corrected chi connectivity index (χ1v) is 9.40. The summed E-state index contributed by atoms with van der Waals surface area (Å²) in [7, 11) is 0. The number of hydrogen-bond donors (Lipinski definition) is 0. The fourth-order valence-corrected chi connectivity index (χ4v) is 4.16. The maximum absolute atomic E-state index is 13.1. The van der Waals surface area contributed by atoms with Gasteiger partial charge in [-0.05, 0) is 62.3 Å². The number of amides is 1. The van der Waals surface area contributed by atoms with E-state index in [4.69, 9.17) is 9.47 Å². The zero-order valence-corrected chi connectivity index (χ0v) is 14.6. The van der Waals surface area contributed by atoms with E-state index in [2.05, 4.69) is 0 Å². The van der Waals surface area contributed by atoms with E-state index >= 15 is 0 Å². The molecule has 2 atom stereocenters. The predicted molar refractivity (Wildman–Crippen MR) is 91.9 cm³/mol. The van der Waals surface area contributed by atoms with Crippen LogP contribution in [0.15, 0.2) is 24.3 Å². The number of carbonyl (C=O) groups is 1. The Morgan fingerprint density at radius 1 is 1.28 bits per heavy atom. The van der Waals surface area contributed by atoms with E-state index < -0.39 is 0 Å². The molecule has 2 heterocycles. The van der Waals surface area contributed by atoms with Crippen molar-refractivity contribution in [3.05, 3.63) is 35.6 Å². The van der Waals surface area contributed by atoms with Crippen molar-refractivity contribution in [1.82, 2.24) is 4.90 Å². The molecule has 1 amide bonds. The number of likely N-dealkylation sites (tertiary alicyclic amines) is 1. The van der Waals surface area contributed by atoms with Crippen molar-refractivity contribution in [2.24, 2.45) is 11.3 Å². The third-order valence-electron chi connectivity index (χ3n) is 5.81. The van der Waals surface area contributed by atoms with Crippen molar-refractivity contribution in [2.75, 3.05) is 32.9 Å². The Balaban J connectivity index is 1.46. The molecule has 0 radical (unpaired) electrons. The van der Waals surface area contributed by atoms with Gasteiger partial charge in [-0.1, -0.05) is 0 Å². The number of hydrogen-bond acceptors (Lipinski definition) is 3. The summed E-state index contributed by atoms with van der Waals surface area (Å²) in [6, 6.07) is 5.82. The summed E-state index contributed by atoms with van der Waals surface area (Å²) in [5, 5.41) is 0. The van der Waals surface area contributed by atoms with E-state index in [0.717, 1.165) is 38.4 Å². The molecular weight excluding hydrogens is 321 g/mol. The lowest BCUT2D eigenvalue weighted by Gasteiger charge is -2.50. The van der Waals surface area contributed by atoms with Gasteiger partial charge in [-0.3, -0.25) is 4.79 Å². The molecule has 25 heavy (non-hydrogen) atoms. The normalized spacial score (nSPS) is 29.3. The molecule has 3 fully saturated rings. The summed E-state index contributed by atoms with van der Waals surface area (Å²) >= 11 is 0. The number of nitrogens with zero attached hydrogens (tertiary/aromatic N) is 1. The van der Waals surface area contributed by atoms with Crippen LogP contribution in [-0.2, 0) is 9.47 Å². The Morgan fingerprint density at radius 3 is 2.84 bits per heavy atom. The van der Waals surface area contributed by atoms with Crippen LogP contribution in [0.4, 0.5) is 4.39 Å². The Kier molecular flexibility index (Phi) is 4.78. The minimum absolute atomic E-state index is 0.0226. The highest BCUT2D eigenvalue weighted by atomic mass is 19.1. The molecule has 3 aliphatic rings. The lowest BCUT2D eigenvalue weighted by atomic mass is 9.73. The molecule has 1 aliphatic carbocycles. The molecule has 2 saturated heterocycles. The van der Waals surface area contributed by atoms with Gasteiger partial charge in [0.15, 0.2) is 0 Å². The molecule has 4 rings (SSSR count). The second kappa shape index (κ2) is 7.04. The molecule has 136 valence electrons. The van der Waals surface area contributed by atoms with Crippen LogP contribution in [0.2, 0.25) is 0 Å². The zero-order valence-electron chi connectivity index (χ0n) is 14.6. The highest BCUT2D eigenvalue weighted by Crippen LogP contribution is 2.41. The van der Waals surface area contributed by atoms with Crippen molar-refractivity contribution in [2.45, 2.75) is 38.2 Å². The first-order valence-electron chi connectivity index (χ1n) is 9.40. The highest BCUT2D eigenvalue weighted by Gasteiger charge is 2.47. The molecule has 0 spiro atoms. The van der Waals surface area contributed by atoms with Crippen LogP contribution in [-0.4, -0.2) is 49.8 Å². The Morgan fingerprint density at radius 2 is 2.08 bits per heavy atom. The molecule has 1 aromatic carbocycles. The Hall–Kier alpha value is -1.46. The van der Waals surface area contributed by atoms with Crippen LogP contribution in [0.5, 0.6) is 0 Å². The summed E-state index contributed by atoms with van der Waals surface area (Å²) in [6.07, 6.45) is 5.64. The molecule has 0 aromatic heterocycles. The van der Waals surface area contributed by atoms with Gasteiger partial charge >= 0.3 is 0 Å². The van der Waals surface area contributed by atoms with E-state index in [1.54, 1.807) is 12.1 Å². The predicted octanol–water partition coefficient (Wildman–Crippen LogP) is 3.26. The van der Waals surface area contributed by atoms with Crippen molar-refractivity contribution < 1.29 is 18.7 Å². The van der Waals surface area contributed by atoms with Gasteiger partial charge in [0.25, 0.3) is 5.91 Å². The summed E-state index contributed by atoms with van der Waals surface area (Å²) < 4.78 is 25.2. The molecule has 0 N–H and O–H groups in total. The largest absolute Gasteiger partial charge is 0.380 e. The van der Waals surface area contributed by atoms with Crippen LogP contribution in [0.3, 0.4) is 0 Å². The number of carbonyl (C=O) groups excluding carboxylic acids is 1. The van der Waals surface area contributed by atoms with Crippen molar-refractivity contribution >= 4 is 5.91 Å². The van der Waals surface area contributed by atoms with Crippen LogP contribution >= 0.6 is 0 Å². The summed E-state index contributed by atoms with van der Waals surface area (Å²) in [6.45, 7) is 3.66. The minimum atomic E-state index is -0.319. The highest BCUT2D eigenvalue weighted by molar-refractivity contribution is 5.94. The number of ether oxygens (including phenoxy) is 2. The van der Waals surface area contributed by atoms with Gasteiger partial charge in [0.05, 0.1) is 12.7 Å². The molecule has 1 aromatic rings. The van der Waals surface area contributed by atoms with Gasteiger partial charge in [0.1, 0.15) is 5.82 Å². The fraction of sp³-hybridized carbons (Fsp3) is 0.650. The standard InChI is InChI=1S/C20H26FNO3/c21-17-6-4-16(5-7-17)19(23)22-10-8-18-20(13-22,9-1-11-25-18)14-24-12-15-2-3-15/h4-7,15,18H,1-3,8-14H2/t18-,20+/m1/s1. The van der Waals surface area contributed by atoms with Gasteiger partial charge < -0.3 is 14.4 Å². The smallest absolute Gasteiger partial charge is 0.253 e. The Labute approximate surface area is 148 Å². The van der Waals surface area contributed by atoms with Crippen molar-refractivity contribution in [3.63, 3.8) is 0 Å². The van der Waals surface area contributed by atoms with E-state index in [1.165, 1.54) is 25.0 Å². The monoisotopic (exact) mass is 347 g/mol. The lowest BCUT2D eigenvalue weighted by Crippen LogP contribution is -2.58. The topological polar surface area (TPSA) is 38.8 Å². The zero-order chi connectivity index (χ0) is 17.3. The van der Waals surface area contributed by atoms with Gasteiger partial charge in [0.2, 0.25) is 0 Å². The van der Waals surface area contributed by atoms with Gasteiger partial charge in [-0.2, -0.15) is 0 Å². The molecule has 0 bridgehead atoms. The second-order valence-corrected chi connectivity index (χ2v) is 7.81. The van der Waals surface area contributed by atoms with Crippen LogP contribution in [0, 0.1) is 17.2 Å². The van der Waals surface area contributed by atoms with Crippen molar-refractivity contribution in [1.29, 1.82) is 0 Å². The van der Waals surface area contributed by atoms with Crippen LogP contribution in [0.1, 0.15) is 42.5 Å². The Bertz CT molecular complexity index is 616. The summed E-state index contributed by atoms with van der Waals surface area (Å²) in [5.41, 5.74) is 0.451. The minimum Gasteiger partial charge on any atom is -0.380 e. The van der Waals surface area contributed by atoms with Gasteiger partial charge in [-0.15, -0.1) is 0 Å². The maximum atomic E-state index is 13.1. The fourth-order valence-electron chi connectivity index (χ4n) is 4.16. The van der Waals surface area contributed by atoms with E-state index in [0.29, 0.717) is 25.3 Å². The third-order valence-corrected chi connectivity index (χ3v) is 5.81. The molecular formula is C20H26FNO3. The number of halogens is 1. The van der Waals surface area contributed by atoms with E-state index in [1.807, 2.05) is 4.90 Å². The number of fused-ring (bicyclic) bond motifs is 1. The molecule has 2 aliphatic heterocycles. The maximum Gasteiger partial charge on any atom is 0.253 e. The number of piperidine rings is 1. The van der Waals surface area contributed by atoms with Crippen molar-refractivity contribution in [3.8, 4) is 0 Å². The average Bonchev–Trinajstić information content (AvgIpc) is 3.45. The quantitative estimate of drug-likeness (QED) is 0.821. The van der Waals surface area contributed by atoms with E-state index in [9.17, 15) is 9.18 Å².